The summed E-state index contributed by atoms with van der Waals surface area (Å²) in [6.07, 6.45) is 9.41. The van der Waals surface area contributed by atoms with Gasteiger partial charge >= 0.3 is 0 Å². The summed E-state index contributed by atoms with van der Waals surface area (Å²) in [4.78, 5) is 2.78. The summed E-state index contributed by atoms with van der Waals surface area (Å²) >= 11 is 1.98. The molecular weight excluding hydrogens is 204 g/mol. The Kier molecular flexibility index (Phi) is 4.35. The van der Waals surface area contributed by atoms with E-state index in [2.05, 4.69) is 16.5 Å². The van der Waals surface area contributed by atoms with Gasteiger partial charge in [-0.1, -0.05) is 19.3 Å². The van der Waals surface area contributed by atoms with E-state index in [0.717, 1.165) is 0 Å². The van der Waals surface area contributed by atoms with Crippen LogP contribution in [0.4, 0.5) is 0 Å². The van der Waals surface area contributed by atoms with E-state index in [-0.39, 0.29) is 0 Å². The molecule has 1 saturated carbocycles. The van der Waals surface area contributed by atoms with Crippen molar-refractivity contribution in [2.24, 2.45) is 0 Å². The SMILES string of the molecule is CSCCN1CCNCC12CCCCC2. The average Bonchev–Trinajstić information content (AvgIpc) is 2.29. The minimum atomic E-state index is 0.534. The Hall–Kier alpha value is 0.270. The van der Waals surface area contributed by atoms with Crippen LogP contribution in [0.15, 0.2) is 0 Å². The molecule has 3 heteroatoms. The maximum absolute atomic E-state index is 3.60. The number of piperazine rings is 1. The van der Waals surface area contributed by atoms with Gasteiger partial charge in [0.05, 0.1) is 0 Å². The van der Waals surface area contributed by atoms with Gasteiger partial charge in [-0.15, -0.1) is 0 Å². The molecule has 1 saturated heterocycles. The van der Waals surface area contributed by atoms with E-state index in [1.165, 1.54) is 64.0 Å². The topological polar surface area (TPSA) is 15.3 Å². The summed E-state index contributed by atoms with van der Waals surface area (Å²) < 4.78 is 0. The van der Waals surface area contributed by atoms with Gasteiger partial charge < -0.3 is 5.32 Å². The number of thioether (sulfide) groups is 1. The molecule has 1 spiro atoms. The van der Waals surface area contributed by atoms with Gasteiger partial charge in [-0.05, 0) is 19.1 Å². The van der Waals surface area contributed by atoms with Crippen LogP contribution in [0, 0.1) is 0 Å². The van der Waals surface area contributed by atoms with Crippen molar-refractivity contribution in [1.29, 1.82) is 0 Å². The molecule has 2 rings (SSSR count). The van der Waals surface area contributed by atoms with E-state index in [1.54, 1.807) is 0 Å². The van der Waals surface area contributed by atoms with Gasteiger partial charge in [0.15, 0.2) is 0 Å². The minimum absolute atomic E-state index is 0.534. The Morgan fingerprint density at radius 3 is 2.80 bits per heavy atom. The summed E-state index contributed by atoms with van der Waals surface area (Å²) in [5, 5.41) is 3.60. The van der Waals surface area contributed by atoms with E-state index in [9.17, 15) is 0 Å². The normalized spacial score (nSPS) is 27.0. The smallest absolute Gasteiger partial charge is 0.0334 e. The molecule has 0 aromatic rings. The lowest BCUT2D eigenvalue weighted by Crippen LogP contribution is -2.62. The van der Waals surface area contributed by atoms with Crippen LogP contribution in [-0.4, -0.2) is 48.6 Å². The van der Waals surface area contributed by atoms with Gasteiger partial charge in [0.25, 0.3) is 0 Å². The maximum atomic E-state index is 3.60. The van der Waals surface area contributed by atoms with Gasteiger partial charge in [-0.3, -0.25) is 4.90 Å². The fraction of sp³-hybridized carbons (Fsp3) is 1.00. The number of nitrogens with zero attached hydrogens (tertiary/aromatic N) is 1. The van der Waals surface area contributed by atoms with Crippen LogP contribution in [0.2, 0.25) is 0 Å². The fourth-order valence-electron chi connectivity index (χ4n) is 3.14. The van der Waals surface area contributed by atoms with Crippen molar-refractivity contribution in [3.05, 3.63) is 0 Å². The second-order valence-corrected chi connectivity index (χ2v) is 5.93. The first kappa shape index (κ1) is 11.7. The monoisotopic (exact) mass is 228 g/mol. The van der Waals surface area contributed by atoms with Crippen molar-refractivity contribution < 1.29 is 0 Å². The third-order valence-electron chi connectivity index (χ3n) is 4.03. The zero-order valence-electron chi connectivity index (χ0n) is 9.93. The Morgan fingerprint density at radius 2 is 2.07 bits per heavy atom. The van der Waals surface area contributed by atoms with Crippen LogP contribution in [0.5, 0.6) is 0 Å². The highest BCUT2D eigenvalue weighted by Gasteiger charge is 2.38. The number of nitrogens with one attached hydrogen (secondary N) is 1. The van der Waals surface area contributed by atoms with E-state index in [1.807, 2.05) is 11.8 Å². The molecule has 2 aliphatic rings. The van der Waals surface area contributed by atoms with Gasteiger partial charge in [0.2, 0.25) is 0 Å². The second kappa shape index (κ2) is 5.55. The molecule has 0 aromatic carbocycles. The Bertz CT molecular complexity index is 182. The minimum Gasteiger partial charge on any atom is -0.314 e. The zero-order chi connectivity index (χ0) is 10.6. The molecule has 0 unspecified atom stereocenters. The van der Waals surface area contributed by atoms with Gasteiger partial charge in [0.1, 0.15) is 0 Å². The standard InChI is InChI=1S/C12H24N2S/c1-15-10-9-14-8-7-13-11-12(14)5-3-2-4-6-12/h13H,2-11H2,1H3. The Morgan fingerprint density at radius 1 is 1.27 bits per heavy atom. The highest BCUT2D eigenvalue weighted by Crippen LogP contribution is 2.34. The quantitative estimate of drug-likeness (QED) is 0.795. The molecule has 2 nitrogen and oxygen atoms in total. The molecule has 0 bridgehead atoms. The van der Waals surface area contributed by atoms with Crippen molar-refractivity contribution in [3.63, 3.8) is 0 Å². The molecular formula is C12H24N2S. The largest absolute Gasteiger partial charge is 0.314 e. The predicted molar refractivity (Wildman–Crippen MR) is 68.6 cm³/mol. The van der Waals surface area contributed by atoms with E-state index in [4.69, 9.17) is 0 Å². The molecule has 1 aliphatic heterocycles. The molecule has 1 N–H and O–H groups in total. The van der Waals surface area contributed by atoms with Crippen molar-refractivity contribution in [2.45, 2.75) is 37.6 Å². The Labute approximate surface area is 98.2 Å². The first-order valence-corrected chi connectivity index (χ1v) is 7.71. The number of hydrogen-bond donors (Lipinski definition) is 1. The Balaban J connectivity index is 1.97. The van der Waals surface area contributed by atoms with Gasteiger partial charge in [-0.25, -0.2) is 0 Å². The van der Waals surface area contributed by atoms with Crippen molar-refractivity contribution in [3.8, 4) is 0 Å². The van der Waals surface area contributed by atoms with Crippen LogP contribution in [0.25, 0.3) is 0 Å². The highest BCUT2D eigenvalue weighted by atomic mass is 32.2. The number of hydrogen-bond acceptors (Lipinski definition) is 3. The predicted octanol–water partition coefficient (Wildman–Crippen LogP) is 1.96. The lowest BCUT2D eigenvalue weighted by molar-refractivity contribution is 0.0333. The summed E-state index contributed by atoms with van der Waals surface area (Å²) in [6, 6.07) is 0. The van der Waals surface area contributed by atoms with E-state index < -0.39 is 0 Å². The molecule has 2 fully saturated rings. The summed E-state index contributed by atoms with van der Waals surface area (Å²) in [7, 11) is 0. The maximum Gasteiger partial charge on any atom is 0.0334 e. The van der Waals surface area contributed by atoms with Crippen molar-refractivity contribution in [1.82, 2.24) is 10.2 Å². The molecule has 1 aliphatic carbocycles. The molecule has 0 radical (unpaired) electrons. The van der Waals surface area contributed by atoms with Crippen LogP contribution in [-0.2, 0) is 0 Å². The van der Waals surface area contributed by atoms with Crippen LogP contribution in [0.1, 0.15) is 32.1 Å². The molecule has 0 aromatic heterocycles. The molecule has 88 valence electrons. The average molecular weight is 228 g/mol. The first-order valence-electron chi connectivity index (χ1n) is 6.32. The van der Waals surface area contributed by atoms with Crippen LogP contribution < -0.4 is 5.32 Å². The zero-order valence-corrected chi connectivity index (χ0v) is 10.7. The van der Waals surface area contributed by atoms with Crippen LogP contribution >= 0.6 is 11.8 Å². The third-order valence-corrected chi connectivity index (χ3v) is 4.62. The first-order chi connectivity index (χ1) is 7.37. The highest BCUT2D eigenvalue weighted by molar-refractivity contribution is 7.98. The summed E-state index contributed by atoms with van der Waals surface area (Å²) in [5.74, 6) is 1.29. The molecule has 0 amide bonds. The van der Waals surface area contributed by atoms with Gasteiger partial charge in [-0.2, -0.15) is 11.8 Å². The van der Waals surface area contributed by atoms with Gasteiger partial charge in [0, 0.05) is 37.5 Å². The summed E-state index contributed by atoms with van der Waals surface area (Å²) in [6.45, 7) is 4.99. The molecule has 15 heavy (non-hydrogen) atoms. The lowest BCUT2D eigenvalue weighted by Gasteiger charge is -2.50. The third kappa shape index (κ3) is 2.69. The molecule has 1 heterocycles. The van der Waals surface area contributed by atoms with Crippen molar-refractivity contribution in [2.75, 3.05) is 38.2 Å². The van der Waals surface area contributed by atoms with Crippen LogP contribution in [0.3, 0.4) is 0 Å². The number of rotatable bonds is 3. The lowest BCUT2D eigenvalue weighted by atomic mass is 9.79. The van der Waals surface area contributed by atoms with E-state index in [0.29, 0.717) is 5.54 Å². The fourth-order valence-corrected chi connectivity index (χ4v) is 3.54. The van der Waals surface area contributed by atoms with E-state index >= 15 is 0 Å². The van der Waals surface area contributed by atoms with Crippen molar-refractivity contribution >= 4 is 11.8 Å². The summed E-state index contributed by atoms with van der Waals surface area (Å²) in [5.41, 5.74) is 0.534. The molecule has 0 atom stereocenters. The second-order valence-electron chi connectivity index (χ2n) is 4.94.